The van der Waals surface area contributed by atoms with Gasteiger partial charge in [0.25, 0.3) is 20.2 Å². The zero-order chi connectivity index (χ0) is 22.9. The summed E-state index contributed by atoms with van der Waals surface area (Å²) >= 11 is 0. The molecule has 0 fully saturated rings. The molecule has 0 aliphatic heterocycles. The number of hydrogen-bond acceptors (Lipinski definition) is 5. The molecule has 0 aliphatic carbocycles. The minimum Gasteiger partial charge on any atom is -0.456 e. The summed E-state index contributed by atoms with van der Waals surface area (Å²) in [6.07, 6.45) is 9.13. The van der Waals surface area contributed by atoms with Gasteiger partial charge in [-0.05, 0) is 36.6 Å². The second-order valence-electron chi connectivity index (χ2n) is 7.47. The fraction of sp³-hybridized carbons (Fsp3) is 0.455. The largest absolute Gasteiger partial charge is 0.456 e. The summed E-state index contributed by atoms with van der Waals surface area (Å²) < 4.78 is 72.6. The van der Waals surface area contributed by atoms with Crippen LogP contribution in [0, 0.1) is 0 Å². The second-order valence-corrected chi connectivity index (χ2v) is 10.2. The van der Waals surface area contributed by atoms with Gasteiger partial charge in [-0.3, -0.25) is 9.11 Å². The van der Waals surface area contributed by atoms with Crippen molar-refractivity contribution in [3.8, 4) is 11.5 Å². The van der Waals surface area contributed by atoms with Crippen LogP contribution in [0.3, 0.4) is 0 Å². The maximum Gasteiger partial charge on any atom is 0.299 e. The van der Waals surface area contributed by atoms with Gasteiger partial charge in [-0.2, -0.15) is 16.8 Å². The van der Waals surface area contributed by atoms with Crippen LogP contribution in [-0.2, 0) is 26.7 Å². The highest BCUT2D eigenvalue weighted by atomic mass is 32.2. The first-order chi connectivity index (χ1) is 14.6. The van der Waals surface area contributed by atoms with Crippen molar-refractivity contribution in [3.05, 3.63) is 48.0 Å². The molecular formula is C22H30O7S2. The predicted octanol–water partition coefficient (Wildman–Crippen LogP) is 5.66. The number of ether oxygens (including phenoxy) is 1. The van der Waals surface area contributed by atoms with E-state index in [1.165, 1.54) is 31.7 Å². The van der Waals surface area contributed by atoms with Gasteiger partial charge in [0, 0.05) is 0 Å². The molecule has 0 amide bonds. The first-order valence-corrected chi connectivity index (χ1v) is 13.4. The van der Waals surface area contributed by atoms with E-state index >= 15 is 0 Å². The molecule has 2 rings (SSSR count). The maximum absolute atomic E-state index is 12.1. The molecule has 0 aromatic heterocycles. The number of aryl methyl sites for hydroxylation is 1. The van der Waals surface area contributed by atoms with E-state index in [9.17, 15) is 25.9 Å². The van der Waals surface area contributed by atoms with E-state index < -0.39 is 30.0 Å². The maximum atomic E-state index is 12.1. The summed E-state index contributed by atoms with van der Waals surface area (Å²) in [4.78, 5) is -1.86. The van der Waals surface area contributed by atoms with Gasteiger partial charge in [0.1, 0.15) is 10.6 Å². The first-order valence-electron chi connectivity index (χ1n) is 10.5. The van der Waals surface area contributed by atoms with Gasteiger partial charge >= 0.3 is 0 Å². The lowest BCUT2D eigenvalue weighted by Gasteiger charge is -2.16. The van der Waals surface area contributed by atoms with E-state index in [2.05, 4.69) is 6.92 Å². The highest BCUT2D eigenvalue weighted by molar-refractivity contribution is 7.89. The average molecular weight is 471 g/mol. The Hall–Kier alpha value is -1.94. The van der Waals surface area contributed by atoms with Crippen LogP contribution in [0.15, 0.2) is 52.3 Å². The van der Waals surface area contributed by atoms with Gasteiger partial charge in [-0.1, -0.05) is 76.1 Å². The standard InChI is InChI=1S/C22H30O7S2/c1-2-3-4-5-6-7-8-10-13-18-16-17-20(30(23,24)25)22(31(26,27)28)21(18)29-19-14-11-9-12-15-19/h9,11-12,14-17H,2-8,10,13H2,1H3,(H,23,24,25)(H,26,27,28). The van der Waals surface area contributed by atoms with Crippen molar-refractivity contribution in [3.63, 3.8) is 0 Å². The molecule has 0 aliphatic rings. The third-order valence-electron chi connectivity index (χ3n) is 4.96. The number of rotatable bonds is 13. The fourth-order valence-electron chi connectivity index (χ4n) is 3.40. The summed E-state index contributed by atoms with van der Waals surface area (Å²) in [6.45, 7) is 2.17. The molecule has 0 unspecified atom stereocenters. The number of unbranched alkanes of at least 4 members (excludes halogenated alkanes) is 7. The molecule has 0 saturated heterocycles. The average Bonchev–Trinajstić information content (AvgIpc) is 2.69. The molecule has 9 heteroatoms. The Morgan fingerprint density at radius 1 is 0.742 bits per heavy atom. The fourth-order valence-corrected chi connectivity index (χ4v) is 5.33. The van der Waals surface area contributed by atoms with E-state index in [0.29, 0.717) is 12.0 Å². The molecule has 0 bridgehead atoms. The number of hydrogen-bond donors (Lipinski definition) is 2. The molecule has 172 valence electrons. The lowest BCUT2D eigenvalue weighted by Crippen LogP contribution is -2.11. The summed E-state index contributed by atoms with van der Waals surface area (Å²) in [5.41, 5.74) is 0.440. The van der Waals surface area contributed by atoms with Crippen LogP contribution in [0.25, 0.3) is 0 Å². The highest BCUT2D eigenvalue weighted by Gasteiger charge is 2.30. The van der Waals surface area contributed by atoms with Crippen molar-refractivity contribution in [2.24, 2.45) is 0 Å². The van der Waals surface area contributed by atoms with E-state index in [-0.39, 0.29) is 11.5 Å². The van der Waals surface area contributed by atoms with Crippen LogP contribution >= 0.6 is 0 Å². The van der Waals surface area contributed by atoms with Crippen LogP contribution in [0.4, 0.5) is 0 Å². The molecule has 2 aromatic rings. The van der Waals surface area contributed by atoms with Gasteiger partial charge in [-0.25, -0.2) is 0 Å². The molecule has 0 atom stereocenters. The molecule has 31 heavy (non-hydrogen) atoms. The topological polar surface area (TPSA) is 118 Å². The van der Waals surface area contributed by atoms with E-state index in [1.807, 2.05) is 0 Å². The Morgan fingerprint density at radius 2 is 1.32 bits per heavy atom. The molecule has 0 spiro atoms. The zero-order valence-corrected chi connectivity index (χ0v) is 19.3. The zero-order valence-electron chi connectivity index (χ0n) is 17.7. The molecule has 2 aromatic carbocycles. The van der Waals surface area contributed by atoms with Crippen molar-refractivity contribution in [1.29, 1.82) is 0 Å². The molecule has 2 N–H and O–H groups in total. The number of para-hydroxylation sites is 1. The third kappa shape index (κ3) is 7.92. The van der Waals surface area contributed by atoms with E-state index in [4.69, 9.17) is 4.74 Å². The van der Waals surface area contributed by atoms with Gasteiger partial charge in [-0.15, -0.1) is 0 Å². The normalized spacial score (nSPS) is 12.1. The minimum atomic E-state index is -5.00. The Labute approximate surface area is 185 Å². The highest BCUT2D eigenvalue weighted by Crippen LogP contribution is 2.38. The van der Waals surface area contributed by atoms with Crippen molar-refractivity contribution in [1.82, 2.24) is 0 Å². The van der Waals surface area contributed by atoms with Crippen molar-refractivity contribution in [2.45, 2.75) is 74.5 Å². The molecule has 0 radical (unpaired) electrons. The summed E-state index contributed by atoms with van der Waals surface area (Å²) in [5.74, 6) is -0.0103. The molecule has 0 heterocycles. The van der Waals surface area contributed by atoms with Gasteiger partial charge in [0.05, 0.1) is 0 Å². The van der Waals surface area contributed by atoms with Gasteiger partial charge in [0.2, 0.25) is 0 Å². The monoisotopic (exact) mass is 470 g/mol. The molecular weight excluding hydrogens is 440 g/mol. The smallest absolute Gasteiger partial charge is 0.299 e. The quantitative estimate of drug-likeness (QED) is 0.287. The molecule has 0 saturated carbocycles. The van der Waals surface area contributed by atoms with Crippen molar-refractivity contribution >= 4 is 20.2 Å². The first kappa shape index (κ1) is 25.3. The summed E-state index contributed by atoms with van der Waals surface area (Å²) in [5, 5.41) is 0. The van der Waals surface area contributed by atoms with Gasteiger partial charge < -0.3 is 4.74 Å². The predicted molar refractivity (Wildman–Crippen MR) is 119 cm³/mol. The lowest BCUT2D eigenvalue weighted by molar-refractivity contribution is 0.432. The Kier molecular flexibility index (Phi) is 9.49. The van der Waals surface area contributed by atoms with Crippen LogP contribution in [-0.4, -0.2) is 25.9 Å². The SMILES string of the molecule is CCCCCCCCCCc1ccc(S(=O)(=O)O)c(S(=O)(=O)O)c1Oc1ccccc1. The Morgan fingerprint density at radius 3 is 1.87 bits per heavy atom. The minimum absolute atomic E-state index is 0.275. The Balaban J connectivity index is 2.30. The van der Waals surface area contributed by atoms with Crippen LogP contribution in [0.1, 0.15) is 63.9 Å². The van der Waals surface area contributed by atoms with Crippen molar-refractivity contribution in [2.75, 3.05) is 0 Å². The van der Waals surface area contributed by atoms with Crippen LogP contribution in [0.2, 0.25) is 0 Å². The van der Waals surface area contributed by atoms with E-state index in [0.717, 1.165) is 31.7 Å². The van der Waals surface area contributed by atoms with Crippen molar-refractivity contribution < 1.29 is 30.7 Å². The van der Waals surface area contributed by atoms with Gasteiger partial charge in [0.15, 0.2) is 10.6 Å². The third-order valence-corrected chi connectivity index (χ3v) is 6.90. The summed E-state index contributed by atoms with van der Waals surface area (Å²) in [6, 6.07) is 10.6. The lowest BCUT2D eigenvalue weighted by atomic mass is 10.0. The summed E-state index contributed by atoms with van der Waals surface area (Å²) in [7, 11) is -9.91. The number of benzene rings is 2. The van der Waals surface area contributed by atoms with Crippen LogP contribution < -0.4 is 4.74 Å². The van der Waals surface area contributed by atoms with Crippen LogP contribution in [0.5, 0.6) is 11.5 Å². The second kappa shape index (κ2) is 11.6. The Bertz CT molecular complexity index is 1050. The molecule has 7 nitrogen and oxygen atoms in total. The van der Waals surface area contributed by atoms with E-state index in [1.54, 1.807) is 30.3 Å².